The average Bonchev–Trinajstić information content (AvgIpc) is 3.13. The summed E-state index contributed by atoms with van der Waals surface area (Å²) in [7, 11) is 1.69. The smallest absolute Gasteiger partial charge is 0.310 e. The van der Waals surface area contributed by atoms with E-state index in [1.54, 1.807) is 7.11 Å². The highest BCUT2D eigenvalue weighted by Crippen LogP contribution is 2.65. The monoisotopic (exact) mass is 340 g/mol. The first-order valence-electron chi connectivity index (χ1n) is 9.51. The van der Waals surface area contributed by atoms with E-state index in [2.05, 4.69) is 12.1 Å². The Balaban J connectivity index is 1.60. The maximum absolute atomic E-state index is 12.8. The molecule has 1 aromatic carbocycles. The first kappa shape index (κ1) is 15.4. The number of aryl methyl sites for hydroxylation is 1. The zero-order chi connectivity index (χ0) is 17.2. The van der Waals surface area contributed by atoms with Gasteiger partial charge in [-0.2, -0.15) is 0 Å². The van der Waals surface area contributed by atoms with Gasteiger partial charge in [0, 0.05) is 30.6 Å². The van der Waals surface area contributed by atoms with Crippen LogP contribution < -0.4 is 4.74 Å². The molecule has 5 rings (SSSR count). The van der Waals surface area contributed by atoms with E-state index in [4.69, 9.17) is 9.47 Å². The molecule has 1 heterocycles. The lowest BCUT2D eigenvalue weighted by Gasteiger charge is -2.48. The van der Waals surface area contributed by atoms with Crippen molar-refractivity contribution in [1.29, 1.82) is 0 Å². The molecule has 0 amide bonds. The zero-order valence-corrected chi connectivity index (χ0v) is 14.6. The predicted octanol–water partition coefficient (Wildman–Crippen LogP) is 3.27. The molecule has 132 valence electrons. The van der Waals surface area contributed by atoms with Gasteiger partial charge in [-0.15, -0.1) is 0 Å². The normalized spacial score (nSPS) is 40.7. The van der Waals surface area contributed by atoms with Gasteiger partial charge in [-0.25, -0.2) is 0 Å². The van der Waals surface area contributed by atoms with Crippen molar-refractivity contribution in [2.45, 2.75) is 50.0 Å². The minimum Gasteiger partial charge on any atom is -0.497 e. The second-order valence-electron chi connectivity index (χ2n) is 8.26. The fourth-order valence-electron chi connectivity index (χ4n) is 6.60. The SMILES string of the molecule is COc1ccc2c(c1)[C@@H]1[C@@H](CC2)[C@@H]2CC[C@@H](CC=O)[C@@]23C[C@H]1C(=O)O3. The lowest BCUT2D eigenvalue weighted by Crippen LogP contribution is -2.48. The van der Waals surface area contributed by atoms with Crippen LogP contribution in [0.3, 0.4) is 0 Å². The average molecular weight is 340 g/mol. The molecule has 3 fully saturated rings. The summed E-state index contributed by atoms with van der Waals surface area (Å²) in [5, 5.41) is 0. The Morgan fingerprint density at radius 3 is 3.00 bits per heavy atom. The minimum absolute atomic E-state index is 0.0361. The highest BCUT2D eigenvalue weighted by molar-refractivity contribution is 5.78. The summed E-state index contributed by atoms with van der Waals surface area (Å²) in [5.74, 6) is 2.14. The van der Waals surface area contributed by atoms with E-state index >= 15 is 0 Å². The van der Waals surface area contributed by atoms with Crippen molar-refractivity contribution in [1.82, 2.24) is 0 Å². The Labute approximate surface area is 147 Å². The fraction of sp³-hybridized carbons (Fsp3) is 0.619. The number of ether oxygens (including phenoxy) is 2. The number of aldehydes is 1. The quantitative estimate of drug-likeness (QED) is 0.626. The first-order valence-corrected chi connectivity index (χ1v) is 9.51. The van der Waals surface area contributed by atoms with Crippen LogP contribution in [0.5, 0.6) is 5.75 Å². The standard InChI is InChI=1S/C21H24O4/c1-24-14-5-2-12-3-6-15-18-7-4-13(8-9-22)21(18)11-17(20(23)25-21)19(15)16(12)10-14/h2,5,9-10,13,15,17-19H,3-4,6-8,11H2,1H3/t13-,15-,17+,18-,19-,21-/m0/s1. The Morgan fingerprint density at radius 2 is 2.20 bits per heavy atom. The number of rotatable bonds is 3. The molecule has 1 aromatic rings. The Morgan fingerprint density at radius 1 is 1.32 bits per heavy atom. The molecule has 2 saturated carbocycles. The van der Waals surface area contributed by atoms with Gasteiger partial charge in [-0.1, -0.05) is 6.07 Å². The summed E-state index contributed by atoms with van der Waals surface area (Å²) in [6.07, 6.45) is 6.61. The van der Waals surface area contributed by atoms with Crippen molar-refractivity contribution in [2.75, 3.05) is 7.11 Å². The summed E-state index contributed by atoms with van der Waals surface area (Å²) >= 11 is 0. The summed E-state index contributed by atoms with van der Waals surface area (Å²) < 4.78 is 11.5. The minimum atomic E-state index is -0.361. The van der Waals surface area contributed by atoms with E-state index in [0.29, 0.717) is 18.3 Å². The summed E-state index contributed by atoms with van der Waals surface area (Å²) in [6, 6.07) is 6.33. The van der Waals surface area contributed by atoms with Gasteiger partial charge >= 0.3 is 5.97 Å². The molecule has 1 saturated heterocycles. The molecule has 4 heteroatoms. The van der Waals surface area contributed by atoms with Crippen LogP contribution in [0.1, 0.15) is 49.1 Å². The highest BCUT2D eigenvalue weighted by Gasteiger charge is 2.67. The van der Waals surface area contributed by atoms with Gasteiger partial charge in [-0.3, -0.25) is 4.79 Å². The second-order valence-corrected chi connectivity index (χ2v) is 8.26. The predicted molar refractivity (Wildman–Crippen MR) is 91.4 cm³/mol. The lowest BCUT2D eigenvalue weighted by molar-refractivity contribution is -0.156. The second kappa shape index (κ2) is 5.33. The Hall–Kier alpha value is -1.84. The van der Waals surface area contributed by atoms with Crippen molar-refractivity contribution < 1.29 is 19.1 Å². The van der Waals surface area contributed by atoms with Crippen LogP contribution in [-0.2, 0) is 20.7 Å². The van der Waals surface area contributed by atoms with E-state index in [1.807, 2.05) is 6.07 Å². The van der Waals surface area contributed by atoms with Crippen LogP contribution in [0.15, 0.2) is 18.2 Å². The summed E-state index contributed by atoms with van der Waals surface area (Å²) in [5.41, 5.74) is 2.30. The molecule has 1 spiro atoms. The van der Waals surface area contributed by atoms with E-state index in [1.165, 1.54) is 11.1 Å². The Kier molecular flexibility index (Phi) is 3.28. The molecule has 3 aliphatic carbocycles. The molecule has 0 aromatic heterocycles. The van der Waals surface area contributed by atoms with Gasteiger partial charge in [0.15, 0.2) is 0 Å². The molecular weight excluding hydrogens is 316 g/mol. The molecule has 0 radical (unpaired) electrons. The van der Waals surface area contributed by atoms with Crippen LogP contribution >= 0.6 is 0 Å². The number of carbonyl (C=O) groups excluding carboxylic acids is 2. The molecule has 4 nitrogen and oxygen atoms in total. The maximum Gasteiger partial charge on any atom is 0.310 e. The molecule has 6 atom stereocenters. The number of fused-ring (bicyclic) bond motifs is 6. The Bertz CT molecular complexity index is 741. The van der Waals surface area contributed by atoms with Crippen LogP contribution in [0.2, 0.25) is 0 Å². The third-order valence-electron chi connectivity index (χ3n) is 7.53. The van der Waals surface area contributed by atoms with Gasteiger partial charge < -0.3 is 14.3 Å². The van der Waals surface area contributed by atoms with Gasteiger partial charge in [0.1, 0.15) is 17.6 Å². The number of benzene rings is 1. The van der Waals surface area contributed by atoms with Gasteiger partial charge in [0.25, 0.3) is 0 Å². The topological polar surface area (TPSA) is 52.6 Å². The molecule has 4 aliphatic rings. The number of carbonyl (C=O) groups is 2. The van der Waals surface area contributed by atoms with Crippen LogP contribution in [0.4, 0.5) is 0 Å². The van der Waals surface area contributed by atoms with Crippen molar-refractivity contribution >= 4 is 12.3 Å². The van der Waals surface area contributed by atoms with E-state index < -0.39 is 0 Å². The van der Waals surface area contributed by atoms with Gasteiger partial charge in [-0.05, 0) is 54.9 Å². The number of hydrogen-bond donors (Lipinski definition) is 0. The fourth-order valence-corrected chi connectivity index (χ4v) is 6.60. The first-order chi connectivity index (χ1) is 12.2. The third kappa shape index (κ3) is 1.94. The van der Waals surface area contributed by atoms with Crippen molar-refractivity contribution in [3.8, 4) is 5.75 Å². The van der Waals surface area contributed by atoms with E-state index in [9.17, 15) is 9.59 Å². The van der Waals surface area contributed by atoms with Gasteiger partial charge in [0.2, 0.25) is 0 Å². The lowest BCUT2D eigenvalue weighted by atomic mass is 9.55. The molecular formula is C21H24O4. The molecule has 1 aliphatic heterocycles. The van der Waals surface area contributed by atoms with E-state index in [0.717, 1.165) is 44.1 Å². The largest absolute Gasteiger partial charge is 0.497 e. The summed E-state index contributed by atoms with van der Waals surface area (Å²) in [6.45, 7) is 0. The van der Waals surface area contributed by atoms with Crippen molar-refractivity contribution in [2.24, 2.45) is 23.7 Å². The third-order valence-corrected chi connectivity index (χ3v) is 7.53. The van der Waals surface area contributed by atoms with Crippen LogP contribution in [0, 0.1) is 23.7 Å². The summed E-state index contributed by atoms with van der Waals surface area (Å²) in [4.78, 5) is 24.0. The number of esters is 1. The molecule has 2 bridgehead atoms. The van der Waals surface area contributed by atoms with E-state index in [-0.39, 0.29) is 29.3 Å². The molecule has 25 heavy (non-hydrogen) atoms. The van der Waals surface area contributed by atoms with Crippen molar-refractivity contribution in [3.05, 3.63) is 29.3 Å². The van der Waals surface area contributed by atoms with Crippen LogP contribution in [0.25, 0.3) is 0 Å². The highest BCUT2D eigenvalue weighted by atomic mass is 16.6. The maximum atomic E-state index is 12.8. The van der Waals surface area contributed by atoms with Crippen molar-refractivity contribution in [3.63, 3.8) is 0 Å². The molecule has 0 unspecified atom stereocenters. The molecule has 0 N–H and O–H groups in total. The number of hydrogen-bond acceptors (Lipinski definition) is 4. The van der Waals surface area contributed by atoms with Gasteiger partial charge in [0.05, 0.1) is 13.0 Å². The zero-order valence-electron chi connectivity index (χ0n) is 14.6. The number of methoxy groups -OCH3 is 1. The van der Waals surface area contributed by atoms with Crippen LogP contribution in [-0.4, -0.2) is 25.0 Å².